The van der Waals surface area contributed by atoms with E-state index >= 15 is 0 Å². The summed E-state index contributed by atoms with van der Waals surface area (Å²) in [6.07, 6.45) is 4.98. The van der Waals surface area contributed by atoms with Crippen LogP contribution < -0.4 is 0 Å². The lowest BCUT2D eigenvalue weighted by molar-refractivity contribution is -0.144. The molecule has 0 aromatic heterocycles. The summed E-state index contributed by atoms with van der Waals surface area (Å²) in [6, 6.07) is 0. The third-order valence-electron chi connectivity index (χ3n) is 2.23. The highest BCUT2D eigenvalue weighted by Gasteiger charge is 2.03. The van der Waals surface area contributed by atoms with E-state index in [0.29, 0.717) is 18.9 Å². The van der Waals surface area contributed by atoms with Gasteiger partial charge in [0.05, 0.1) is 13.2 Å². The van der Waals surface area contributed by atoms with Crippen LogP contribution in [-0.4, -0.2) is 19.2 Å². The zero-order valence-corrected chi connectivity index (χ0v) is 9.96. The molecular formula is C12H23O3. The number of unbranched alkanes of at least 4 members (excludes halogenated alkanes) is 3. The number of carbonyl (C=O) groups is 1. The summed E-state index contributed by atoms with van der Waals surface area (Å²) in [7, 11) is 0. The summed E-state index contributed by atoms with van der Waals surface area (Å²) in [5, 5.41) is 10.1. The number of carbonyl (C=O) groups excluding carboxylic acids is 1. The normalized spacial score (nSPS) is 10.7. The number of hydrogen-bond acceptors (Lipinski definition) is 2. The monoisotopic (exact) mass is 215 g/mol. The van der Waals surface area contributed by atoms with Crippen LogP contribution in [0.15, 0.2) is 0 Å². The highest BCUT2D eigenvalue weighted by molar-refractivity contribution is 5.69. The fourth-order valence-electron chi connectivity index (χ4n) is 1.22. The Morgan fingerprint density at radius 2 is 1.80 bits per heavy atom. The van der Waals surface area contributed by atoms with Crippen molar-refractivity contribution in [2.45, 2.75) is 52.4 Å². The Bertz CT molecular complexity index is 155. The molecule has 3 heteroatoms. The maximum absolute atomic E-state index is 11.2. The molecule has 0 bridgehead atoms. The summed E-state index contributed by atoms with van der Waals surface area (Å²) >= 11 is 0. The molecule has 0 fully saturated rings. The van der Waals surface area contributed by atoms with Crippen LogP contribution in [-0.2, 0) is 14.6 Å². The first-order valence-electron chi connectivity index (χ1n) is 5.90. The first kappa shape index (κ1) is 14.4. The van der Waals surface area contributed by atoms with Crippen LogP contribution in [0.2, 0.25) is 0 Å². The third-order valence-corrected chi connectivity index (χ3v) is 2.23. The van der Waals surface area contributed by atoms with Crippen LogP contribution in [0.25, 0.3) is 0 Å². The highest BCUT2D eigenvalue weighted by Crippen LogP contribution is 2.05. The molecule has 0 aromatic rings. The van der Waals surface area contributed by atoms with Gasteiger partial charge in [0.15, 0.2) is 0 Å². The topological polar surface area (TPSA) is 46.2 Å². The van der Waals surface area contributed by atoms with Gasteiger partial charge in [0.1, 0.15) is 0 Å². The predicted octanol–water partition coefficient (Wildman–Crippen LogP) is 2.96. The van der Waals surface area contributed by atoms with Crippen molar-refractivity contribution in [3.63, 3.8) is 0 Å². The van der Waals surface area contributed by atoms with Gasteiger partial charge in [-0.3, -0.25) is 4.79 Å². The van der Waals surface area contributed by atoms with Crippen molar-refractivity contribution in [2.24, 2.45) is 5.92 Å². The van der Waals surface area contributed by atoms with Gasteiger partial charge >= 0.3 is 5.97 Å². The van der Waals surface area contributed by atoms with Crippen LogP contribution in [0.4, 0.5) is 0 Å². The van der Waals surface area contributed by atoms with E-state index < -0.39 is 0 Å². The van der Waals surface area contributed by atoms with E-state index in [2.05, 4.69) is 13.8 Å². The van der Waals surface area contributed by atoms with Gasteiger partial charge in [0, 0.05) is 6.42 Å². The maximum atomic E-state index is 11.2. The summed E-state index contributed by atoms with van der Waals surface area (Å²) < 4.78 is 5.06. The second-order valence-electron chi connectivity index (χ2n) is 4.27. The van der Waals surface area contributed by atoms with Crippen molar-refractivity contribution in [1.29, 1.82) is 0 Å². The van der Waals surface area contributed by atoms with E-state index in [4.69, 9.17) is 4.74 Å². The SMILES string of the molecule is CC(C)CCC(=O)OCCCCCC[O]. The van der Waals surface area contributed by atoms with Crippen LogP contribution >= 0.6 is 0 Å². The summed E-state index contributed by atoms with van der Waals surface area (Å²) in [5.41, 5.74) is 0. The van der Waals surface area contributed by atoms with E-state index in [1.54, 1.807) is 0 Å². The van der Waals surface area contributed by atoms with Crippen LogP contribution in [0, 0.1) is 5.92 Å². The molecule has 89 valence electrons. The van der Waals surface area contributed by atoms with E-state index in [0.717, 1.165) is 32.1 Å². The van der Waals surface area contributed by atoms with Gasteiger partial charge in [-0.25, -0.2) is 5.11 Å². The Hall–Kier alpha value is -0.570. The first-order chi connectivity index (χ1) is 7.16. The Balaban J connectivity index is 3.17. The van der Waals surface area contributed by atoms with Gasteiger partial charge in [-0.05, 0) is 31.6 Å². The molecule has 0 aliphatic rings. The fraction of sp³-hybridized carbons (Fsp3) is 0.917. The molecule has 0 N–H and O–H groups in total. The molecule has 0 aromatic carbocycles. The number of esters is 1. The summed E-state index contributed by atoms with van der Waals surface area (Å²) in [4.78, 5) is 11.2. The molecule has 1 radical (unpaired) electrons. The molecular weight excluding hydrogens is 192 g/mol. The van der Waals surface area contributed by atoms with Gasteiger partial charge in [-0.15, -0.1) is 0 Å². The summed E-state index contributed by atoms with van der Waals surface area (Å²) in [6.45, 7) is 4.70. The number of ether oxygens (including phenoxy) is 1. The van der Waals surface area contributed by atoms with Gasteiger partial charge < -0.3 is 4.74 Å². The van der Waals surface area contributed by atoms with Crippen LogP contribution in [0.3, 0.4) is 0 Å². The quantitative estimate of drug-likeness (QED) is 0.438. The summed E-state index contributed by atoms with van der Waals surface area (Å²) in [5.74, 6) is 0.460. The van der Waals surface area contributed by atoms with Crippen molar-refractivity contribution < 1.29 is 14.6 Å². The lowest BCUT2D eigenvalue weighted by Gasteiger charge is -2.05. The van der Waals surface area contributed by atoms with E-state index in [1.165, 1.54) is 0 Å². The lowest BCUT2D eigenvalue weighted by atomic mass is 10.1. The average molecular weight is 215 g/mol. The van der Waals surface area contributed by atoms with Gasteiger partial charge in [0.25, 0.3) is 0 Å². The molecule has 0 aliphatic carbocycles. The maximum Gasteiger partial charge on any atom is 0.305 e. The van der Waals surface area contributed by atoms with Gasteiger partial charge in [-0.1, -0.05) is 20.3 Å². The second-order valence-corrected chi connectivity index (χ2v) is 4.27. The van der Waals surface area contributed by atoms with E-state index in [9.17, 15) is 9.90 Å². The molecule has 15 heavy (non-hydrogen) atoms. The molecule has 0 saturated carbocycles. The Labute approximate surface area is 92.8 Å². The first-order valence-corrected chi connectivity index (χ1v) is 5.90. The predicted molar refractivity (Wildman–Crippen MR) is 59.1 cm³/mol. The van der Waals surface area contributed by atoms with Crippen molar-refractivity contribution in [2.75, 3.05) is 13.2 Å². The number of rotatable bonds is 9. The minimum absolute atomic E-state index is 0.00811. The Kier molecular flexibility index (Phi) is 9.59. The molecule has 0 amide bonds. The standard InChI is InChI=1S/C12H23O3/c1-11(2)7-8-12(14)15-10-6-4-3-5-9-13/h11H,3-10H2,1-2H3. The minimum atomic E-state index is -0.0903. The molecule has 0 atom stereocenters. The molecule has 3 nitrogen and oxygen atoms in total. The largest absolute Gasteiger partial charge is 0.466 e. The zero-order valence-electron chi connectivity index (χ0n) is 9.96. The van der Waals surface area contributed by atoms with Gasteiger partial charge in [0.2, 0.25) is 0 Å². The molecule has 0 rings (SSSR count). The average Bonchev–Trinajstić information content (AvgIpc) is 2.20. The molecule has 0 saturated heterocycles. The molecule has 0 unspecified atom stereocenters. The molecule has 0 heterocycles. The number of hydrogen-bond donors (Lipinski definition) is 0. The smallest absolute Gasteiger partial charge is 0.305 e. The Morgan fingerprint density at radius 1 is 1.13 bits per heavy atom. The van der Waals surface area contributed by atoms with E-state index in [1.807, 2.05) is 0 Å². The van der Waals surface area contributed by atoms with Crippen LogP contribution in [0.5, 0.6) is 0 Å². The van der Waals surface area contributed by atoms with Crippen molar-refractivity contribution in [1.82, 2.24) is 0 Å². The lowest BCUT2D eigenvalue weighted by Crippen LogP contribution is -2.07. The second kappa shape index (κ2) is 9.97. The van der Waals surface area contributed by atoms with E-state index in [-0.39, 0.29) is 12.6 Å². The fourth-order valence-corrected chi connectivity index (χ4v) is 1.22. The van der Waals surface area contributed by atoms with Gasteiger partial charge in [-0.2, -0.15) is 0 Å². The molecule has 0 spiro atoms. The molecule has 0 aliphatic heterocycles. The highest BCUT2D eigenvalue weighted by atomic mass is 16.5. The zero-order chi connectivity index (χ0) is 11.5. The minimum Gasteiger partial charge on any atom is -0.466 e. The van der Waals surface area contributed by atoms with Crippen LogP contribution in [0.1, 0.15) is 52.4 Å². The van der Waals surface area contributed by atoms with Crippen molar-refractivity contribution in [3.05, 3.63) is 0 Å². The van der Waals surface area contributed by atoms with Crippen molar-refractivity contribution >= 4 is 5.97 Å². The Morgan fingerprint density at radius 3 is 2.40 bits per heavy atom. The van der Waals surface area contributed by atoms with Crippen molar-refractivity contribution in [3.8, 4) is 0 Å². The third kappa shape index (κ3) is 11.4.